The highest BCUT2D eigenvalue weighted by molar-refractivity contribution is 5.89. The summed E-state index contributed by atoms with van der Waals surface area (Å²) in [6, 6.07) is 7.94. The number of aryl methyl sites for hydroxylation is 1. The Bertz CT molecular complexity index is 669. The van der Waals surface area contributed by atoms with Crippen LogP contribution in [0.3, 0.4) is 0 Å². The van der Waals surface area contributed by atoms with Gasteiger partial charge in [0.1, 0.15) is 5.69 Å². The third-order valence-electron chi connectivity index (χ3n) is 4.28. The summed E-state index contributed by atoms with van der Waals surface area (Å²) in [6.45, 7) is 4.18. The van der Waals surface area contributed by atoms with E-state index in [0.717, 1.165) is 17.1 Å². The van der Waals surface area contributed by atoms with E-state index in [-0.39, 0.29) is 5.97 Å². The van der Waals surface area contributed by atoms with Gasteiger partial charge in [-0.2, -0.15) is 0 Å². The minimum absolute atomic E-state index is 0.291. The molecule has 3 rings (SSSR count). The fraction of sp³-hybridized carbons (Fsp3) is 0.444. The van der Waals surface area contributed by atoms with Gasteiger partial charge < -0.3 is 9.72 Å². The molecular formula is C18H22N2O2. The fourth-order valence-electron chi connectivity index (χ4n) is 3.24. The molecule has 4 nitrogen and oxygen atoms in total. The van der Waals surface area contributed by atoms with E-state index in [1.165, 1.54) is 31.2 Å². The van der Waals surface area contributed by atoms with Gasteiger partial charge in [0.2, 0.25) is 0 Å². The SMILES string of the molecule is CCOC(=O)c1cc(C2CCCC2)c(-c2cccc(C)n2)[nH]1. The molecule has 0 saturated heterocycles. The topological polar surface area (TPSA) is 55.0 Å². The number of H-pyrrole nitrogens is 1. The van der Waals surface area contributed by atoms with Crippen LogP contribution in [0.5, 0.6) is 0 Å². The summed E-state index contributed by atoms with van der Waals surface area (Å²) < 4.78 is 5.13. The van der Waals surface area contributed by atoms with E-state index in [4.69, 9.17) is 4.74 Å². The Balaban J connectivity index is 2.04. The molecule has 2 heterocycles. The van der Waals surface area contributed by atoms with Crippen LogP contribution in [-0.4, -0.2) is 22.5 Å². The van der Waals surface area contributed by atoms with Crippen molar-refractivity contribution >= 4 is 5.97 Å². The largest absolute Gasteiger partial charge is 0.461 e. The van der Waals surface area contributed by atoms with Crippen LogP contribution in [0, 0.1) is 6.92 Å². The van der Waals surface area contributed by atoms with Crippen LogP contribution >= 0.6 is 0 Å². The molecule has 2 aromatic heterocycles. The monoisotopic (exact) mass is 298 g/mol. The maximum atomic E-state index is 12.0. The third-order valence-corrected chi connectivity index (χ3v) is 4.28. The molecule has 1 aliphatic rings. The molecule has 2 aromatic rings. The molecule has 116 valence electrons. The standard InChI is InChI=1S/C18H22N2O2/c1-3-22-18(21)16-11-14(13-8-4-5-9-13)17(20-16)15-10-6-7-12(2)19-15/h6-7,10-11,13,20H,3-5,8-9H2,1-2H3. The second kappa shape index (κ2) is 6.34. The van der Waals surface area contributed by atoms with Gasteiger partial charge in [-0.25, -0.2) is 4.79 Å². The predicted molar refractivity (Wildman–Crippen MR) is 85.9 cm³/mol. The number of pyridine rings is 1. The van der Waals surface area contributed by atoms with Crippen LogP contribution in [0.15, 0.2) is 24.3 Å². The molecule has 0 atom stereocenters. The molecule has 4 heteroatoms. The van der Waals surface area contributed by atoms with Crippen LogP contribution in [-0.2, 0) is 4.74 Å². The molecule has 0 amide bonds. The molecule has 0 radical (unpaired) electrons. The molecule has 1 fully saturated rings. The van der Waals surface area contributed by atoms with E-state index in [1.807, 2.05) is 38.1 Å². The van der Waals surface area contributed by atoms with Gasteiger partial charge in [-0.05, 0) is 56.4 Å². The van der Waals surface area contributed by atoms with E-state index in [2.05, 4.69) is 9.97 Å². The number of rotatable bonds is 4. The number of carbonyl (C=O) groups excluding carboxylic acids is 1. The number of aromatic nitrogens is 2. The van der Waals surface area contributed by atoms with Gasteiger partial charge in [-0.1, -0.05) is 18.9 Å². The Morgan fingerprint density at radius 1 is 1.36 bits per heavy atom. The normalized spacial score (nSPS) is 15.2. The van der Waals surface area contributed by atoms with Gasteiger partial charge in [0.25, 0.3) is 0 Å². The molecule has 0 spiro atoms. The number of aromatic amines is 1. The van der Waals surface area contributed by atoms with Gasteiger partial charge >= 0.3 is 5.97 Å². The lowest BCUT2D eigenvalue weighted by Crippen LogP contribution is -2.04. The smallest absolute Gasteiger partial charge is 0.354 e. The Morgan fingerprint density at radius 3 is 2.82 bits per heavy atom. The van der Waals surface area contributed by atoms with Crippen molar-refractivity contribution in [1.29, 1.82) is 0 Å². The molecule has 0 bridgehead atoms. The van der Waals surface area contributed by atoms with Crippen molar-refractivity contribution in [3.8, 4) is 11.4 Å². The number of hydrogen-bond acceptors (Lipinski definition) is 3. The maximum Gasteiger partial charge on any atom is 0.354 e. The molecule has 0 aromatic carbocycles. The van der Waals surface area contributed by atoms with Crippen molar-refractivity contribution in [2.45, 2.75) is 45.4 Å². The van der Waals surface area contributed by atoms with E-state index < -0.39 is 0 Å². The summed E-state index contributed by atoms with van der Waals surface area (Å²) >= 11 is 0. The third kappa shape index (κ3) is 2.91. The fourth-order valence-corrected chi connectivity index (χ4v) is 3.24. The lowest BCUT2D eigenvalue weighted by atomic mass is 9.96. The molecule has 22 heavy (non-hydrogen) atoms. The second-order valence-electron chi connectivity index (χ2n) is 5.88. The second-order valence-corrected chi connectivity index (χ2v) is 5.88. The minimum Gasteiger partial charge on any atom is -0.461 e. The van der Waals surface area contributed by atoms with E-state index in [0.29, 0.717) is 18.2 Å². The average Bonchev–Trinajstić information content (AvgIpc) is 3.17. The highest BCUT2D eigenvalue weighted by atomic mass is 16.5. The Morgan fingerprint density at radius 2 is 2.14 bits per heavy atom. The summed E-state index contributed by atoms with van der Waals surface area (Å²) in [6.07, 6.45) is 4.87. The molecule has 1 saturated carbocycles. The summed E-state index contributed by atoms with van der Waals surface area (Å²) in [5.74, 6) is 0.220. The van der Waals surface area contributed by atoms with Gasteiger partial charge in [0.15, 0.2) is 0 Å². The zero-order valence-corrected chi connectivity index (χ0v) is 13.2. The van der Waals surface area contributed by atoms with Crippen LogP contribution < -0.4 is 0 Å². The summed E-state index contributed by atoms with van der Waals surface area (Å²) in [5.41, 5.74) is 4.58. The summed E-state index contributed by atoms with van der Waals surface area (Å²) in [4.78, 5) is 19.9. The first-order valence-corrected chi connectivity index (χ1v) is 8.03. The first-order valence-electron chi connectivity index (χ1n) is 8.03. The van der Waals surface area contributed by atoms with Crippen molar-refractivity contribution in [2.24, 2.45) is 0 Å². The molecule has 0 unspecified atom stereocenters. The maximum absolute atomic E-state index is 12.0. The van der Waals surface area contributed by atoms with Crippen molar-refractivity contribution < 1.29 is 9.53 Å². The summed E-state index contributed by atoms with van der Waals surface area (Å²) in [7, 11) is 0. The van der Waals surface area contributed by atoms with E-state index in [9.17, 15) is 4.79 Å². The molecule has 1 aliphatic carbocycles. The molecule has 1 N–H and O–H groups in total. The zero-order chi connectivity index (χ0) is 15.5. The zero-order valence-electron chi connectivity index (χ0n) is 13.2. The number of esters is 1. The van der Waals surface area contributed by atoms with Crippen LogP contribution in [0.25, 0.3) is 11.4 Å². The Hall–Kier alpha value is -2.10. The highest BCUT2D eigenvalue weighted by Gasteiger charge is 2.25. The number of hydrogen-bond donors (Lipinski definition) is 1. The van der Waals surface area contributed by atoms with Crippen molar-refractivity contribution in [1.82, 2.24) is 9.97 Å². The average molecular weight is 298 g/mol. The van der Waals surface area contributed by atoms with E-state index in [1.54, 1.807) is 0 Å². The number of ether oxygens (including phenoxy) is 1. The Labute approximate surface area is 130 Å². The van der Waals surface area contributed by atoms with Crippen molar-refractivity contribution in [3.05, 3.63) is 41.2 Å². The Kier molecular flexibility index (Phi) is 4.27. The molecular weight excluding hydrogens is 276 g/mol. The number of nitrogens with one attached hydrogen (secondary N) is 1. The highest BCUT2D eigenvalue weighted by Crippen LogP contribution is 2.39. The van der Waals surface area contributed by atoms with Gasteiger partial charge in [0.05, 0.1) is 18.0 Å². The quantitative estimate of drug-likeness (QED) is 0.860. The number of carbonyl (C=O) groups is 1. The first kappa shape index (κ1) is 14.8. The van der Waals surface area contributed by atoms with Gasteiger partial charge in [-0.3, -0.25) is 4.98 Å². The number of nitrogens with zero attached hydrogens (tertiary/aromatic N) is 1. The predicted octanol–water partition coefficient (Wildman–Crippen LogP) is 4.22. The first-order chi connectivity index (χ1) is 10.7. The van der Waals surface area contributed by atoms with Crippen molar-refractivity contribution in [2.75, 3.05) is 6.61 Å². The van der Waals surface area contributed by atoms with E-state index >= 15 is 0 Å². The summed E-state index contributed by atoms with van der Waals surface area (Å²) in [5, 5.41) is 0. The van der Waals surface area contributed by atoms with Crippen LogP contribution in [0.1, 0.15) is 60.3 Å². The van der Waals surface area contributed by atoms with Gasteiger partial charge in [0, 0.05) is 5.69 Å². The van der Waals surface area contributed by atoms with Gasteiger partial charge in [-0.15, -0.1) is 0 Å². The lowest BCUT2D eigenvalue weighted by molar-refractivity contribution is 0.0520. The lowest BCUT2D eigenvalue weighted by Gasteiger charge is -2.10. The molecule has 0 aliphatic heterocycles. The van der Waals surface area contributed by atoms with Crippen LogP contribution in [0.2, 0.25) is 0 Å². The van der Waals surface area contributed by atoms with Crippen LogP contribution in [0.4, 0.5) is 0 Å². The van der Waals surface area contributed by atoms with Crippen molar-refractivity contribution in [3.63, 3.8) is 0 Å². The minimum atomic E-state index is -0.291.